The van der Waals surface area contributed by atoms with Crippen molar-refractivity contribution in [3.63, 3.8) is 0 Å². The van der Waals surface area contributed by atoms with E-state index < -0.39 is 32.0 Å². The first-order valence-electron chi connectivity index (χ1n) is 15.8. The fraction of sp³-hybridized carbons (Fsp3) is 0.636. The van der Waals surface area contributed by atoms with Crippen LogP contribution < -0.4 is 29.1 Å². The molecule has 2 aliphatic rings. The molecule has 0 bridgehead atoms. The first kappa shape index (κ1) is 35.2. The van der Waals surface area contributed by atoms with Gasteiger partial charge in [0.15, 0.2) is 29.8 Å². The Kier molecular flexibility index (Phi) is 10.7. The zero-order chi connectivity index (χ0) is 33.4. The second-order valence-electron chi connectivity index (χ2n) is 13.3. The first-order valence-corrected chi connectivity index (χ1v) is 17.9. The van der Waals surface area contributed by atoms with Crippen LogP contribution in [0.2, 0.25) is 23.4 Å². The number of benzene rings is 2. The molecule has 0 saturated heterocycles. The van der Waals surface area contributed by atoms with Crippen molar-refractivity contribution in [1.29, 1.82) is 0 Å². The molecule has 4 atom stereocenters. The number of hydrogen-bond donors (Lipinski definition) is 2. The second kappa shape index (κ2) is 13.6. The maximum Gasteiger partial charge on any atom is 0.328 e. The lowest BCUT2D eigenvalue weighted by Crippen LogP contribution is -2.54. The van der Waals surface area contributed by atoms with Crippen molar-refractivity contribution in [3.05, 3.63) is 29.3 Å². The molecule has 45 heavy (non-hydrogen) atoms. The Labute approximate surface area is 269 Å². The molecule has 0 fully saturated rings. The van der Waals surface area contributed by atoms with Crippen molar-refractivity contribution in [2.75, 3.05) is 34.9 Å². The maximum absolute atomic E-state index is 12.8. The molecule has 0 unspecified atom stereocenters. The summed E-state index contributed by atoms with van der Waals surface area (Å²) in [6, 6.07) is 5.31. The Morgan fingerprint density at radius 3 is 2.16 bits per heavy atom. The standard InChI is InChI=1S/C33H51BO10Si/c1-18(2)45(19(3)4,20(5)6)44-32(22-13-24(35)29(39-12)25(14-22)38-11)33(8,36)21(7)28-23-15-26-30(42-17-40-26)31(41-16-37-10)27(23)34(9)43-28/h13-15,18-21,28,32,35-36H,16-17H2,1-12H3/t21-,28+,32+,33-/m0/s1. The SMILES string of the molecule is COCOc1c2c(cc3c1B(C)O[C@@H]3[C@H](C)[C@](C)(O)[C@H](O[Si](C(C)C)(C(C)C)C(C)C)c1cc(O)c(OC)c(OC)c1)OCO2. The van der Waals surface area contributed by atoms with Crippen LogP contribution in [0.25, 0.3) is 0 Å². The quantitative estimate of drug-likeness (QED) is 0.178. The number of aromatic hydroxyl groups is 1. The third kappa shape index (κ3) is 6.12. The van der Waals surface area contributed by atoms with Gasteiger partial charge < -0.3 is 47.7 Å². The summed E-state index contributed by atoms with van der Waals surface area (Å²) in [6.45, 7) is 18.7. The molecule has 0 amide bonds. The van der Waals surface area contributed by atoms with E-state index in [4.69, 9.17) is 37.5 Å². The van der Waals surface area contributed by atoms with Crippen LogP contribution in [0.3, 0.4) is 0 Å². The zero-order valence-corrected chi connectivity index (χ0v) is 29.8. The fourth-order valence-electron chi connectivity index (χ4n) is 7.51. The molecular weight excluding hydrogens is 595 g/mol. The molecule has 2 aromatic carbocycles. The van der Waals surface area contributed by atoms with E-state index in [1.54, 1.807) is 26.2 Å². The minimum atomic E-state index is -2.58. The van der Waals surface area contributed by atoms with Crippen LogP contribution in [0, 0.1) is 5.92 Å². The summed E-state index contributed by atoms with van der Waals surface area (Å²) in [5, 5.41) is 23.9. The molecule has 0 aliphatic carbocycles. The molecule has 0 spiro atoms. The van der Waals surface area contributed by atoms with Crippen LogP contribution in [-0.2, 0) is 13.8 Å². The van der Waals surface area contributed by atoms with Gasteiger partial charge in [-0.2, -0.15) is 0 Å². The molecule has 0 aromatic heterocycles. The Hall–Kier alpha value is -2.64. The summed E-state index contributed by atoms with van der Waals surface area (Å²) in [4.78, 5) is 0. The number of aliphatic hydroxyl groups is 1. The van der Waals surface area contributed by atoms with Gasteiger partial charge >= 0.3 is 6.92 Å². The summed E-state index contributed by atoms with van der Waals surface area (Å²) in [7, 11) is 1.97. The van der Waals surface area contributed by atoms with Crippen molar-refractivity contribution in [2.45, 2.75) is 96.6 Å². The molecule has 2 aromatic rings. The van der Waals surface area contributed by atoms with Crippen LogP contribution in [0.4, 0.5) is 0 Å². The Morgan fingerprint density at radius 2 is 1.60 bits per heavy atom. The lowest BCUT2D eigenvalue weighted by atomic mass is 9.63. The molecule has 10 nitrogen and oxygen atoms in total. The van der Waals surface area contributed by atoms with Gasteiger partial charge in [-0.1, -0.05) is 55.3 Å². The van der Waals surface area contributed by atoms with E-state index in [2.05, 4.69) is 41.5 Å². The Balaban J connectivity index is 1.88. The van der Waals surface area contributed by atoms with Crippen molar-refractivity contribution in [1.82, 2.24) is 0 Å². The fourth-order valence-corrected chi connectivity index (χ4v) is 13.1. The lowest BCUT2D eigenvalue weighted by molar-refractivity contribution is -0.119. The first-order chi connectivity index (χ1) is 21.2. The minimum Gasteiger partial charge on any atom is -0.504 e. The molecule has 4 rings (SSSR count). The number of rotatable bonds is 14. The van der Waals surface area contributed by atoms with Gasteiger partial charge in [-0.25, -0.2) is 0 Å². The maximum atomic E-state index is 12.8. The van der Waals surface area contributed by atoms with E-state index in [1.807, 2.05) is 19.8 Å². The van der Waals surface area contributed by atoms with Crippen LogP contribution in [-0.4, -0.2) is 66.0 Å². The average molecular weight is 647 g/mol. The van der Waals surface area contributed by atoms with E-state index in [1.165, 1.54) is 14.2 Å². The predicted molar refractivity (Wildman–Crippen MR) is 176 cm³/mol. The van der Waals surface area contributed by atoms with E-state index in [-0.39, 0.29) is 48.6 Å². The molecule has 12 heteroatoms. The van der Waals surface area contributed by atoms with Gasteiger partial charge in [0.05, 0.1) is 32.0 Å². The van der Waals surface area contributed by atoms with E-state index >= 15 is 0 Å². The van der Waals surface area contributed by atoms with Crippen LogP contribution in [0.1, 0.15) is 78.7 Å². The minimum absolute atomic E-state index is 0.0297. The number of fused-ring (bicyclic) bond motifs is 2. The Bertz CT molecular complexity index is 1330. The number of phenolic OH excluding ortho intramolecular Hbond substituents is 1. The largest absolute Gasteiger partial charge is 0.504 e. The lowest BCUT2D eigenvalue weighted by Gasteiger charge is -2.49. The summed E-state index contributed by atoms with van der Waals surface area (Å²) >= 11 is 0. The van der Waals surface area contributed by atoms with Gasteiger partial charge in [0, 0.05) is 18.5 Å². The van der Waals surface area contributed by atoms with E-state index in [0.29, 0.717) is 28.6 Å². The molecule has 2 aliphatic heterocycles. The van der Waals surface area contributed by atoms with Gasteiger partial charge in [0.25, 0.3) is 0 Å². The molecule has 2 heterocycles. The smallest absolute Gasteiger partial charge is 0.328 e. The summed E-state index contributed by atoms with van der Waals surface area (Å²) < 4.78 is 47.8. The van der Waals surface area contributed by atoms with Gasteiger partial charge in [-0.3, -0.25) is 0 Å². The van der Waals surface area contributed by atoms with Crippen molar-refractivity contribution in [3.8, 4) is 34.5 Å². The van der Waals surface area contributed by atoms with E-state index in [0.717, 1.165) is 11.0 Å². The average Bonchev–Trinajstić information content (AvgIpc) is 3.58. The van der Waals surface area contributed by atoms with Crippen LogP contribution >= 0.6 is 0 Å². The summed E-state index contributed by atoms with van der Waals surface area (Å²) in [5.41, 5.74) is 1.48. The van der Waals surface area contributed by atoms with E-state index in [9.17, 15) is 10.2 Å². The van der Waals surface area contributed by atoms with Crippen LogP contribution in [0.5, 0.6) is 34.5 Å². The number of phenols is 1. The normalized spacial score (nSPS) is 18.8. The van der Waals surface area contributed by atoms with Crippen molar-refractivity contribution >= 4 is 20.7 Å². The van der Waals surface area contributed by atoms with Gasteiger partial charge in [0.2, 0.25) is 26.6 Å². The monoisotopic (exact) mass is 646 g/mol. The molecule has 2 N–H and O–H groups in total. The number of ether oxygens (including phenoxy) is 6. The second-order valence-corrected chi connectivity index (χ2v) is 18.7. The third-order valence-electron chi connectivity index (χ3n) is 9.80. The molecule has 0 radical (unpaired) electrons. The van der Waals surface area contributed by atoms with Gasteiger partial charge in [-0.05, 0) is 52.9 Å². The number of methoxy groups -OCH3 is 3. The molecular formula is C33H51BO10Si. The third-order valence-corrected chi connectivity index (χ3v) is 15.9. The highest BCUT2D eigenvalue weighted by Gasteiger charge is 2.54. The summed E-state index contributed by atoms with van der Waals surface area (Å²) in [5.74, 6) is 1.55. The van der Waals surface area contributed by atoms with Crippen molar-refractivity contribution < 1.29 is 47.7 Å². The predicted octanol–water partition coefficient (Wildman–Crippen LogP) is 6.34. The van der Waals surface area contributed by atoms with Gasteiger partial charge in [-0.15, -0.1) is 0 Å². The number of hydrogen-bond acceptors (Lipinski definition) is 10. The van der Waals surface area contributed by atoms with Gasteiger partial charge in [0.1, 0.15) is 0 Å². The summed E-state index contributed by atoms with van der Waals surface area (Å²) in [6.07, 6.45) is -1.39. The van der Waals surface area contributed by atoms with Crippen LogP contribution in [0.15, 0.2) is 18.2 Å². The highest BCUT2D eigenvalue weighted by atomic mass is 28.4. The molecule has 250 valence electrons. The van der Waals surface area contributed by atoms with Crippen molar-refractivity contribution in [2.24, 2.45) is 5.92 Å². The highest BCUT2D eigenvalue weighted by molar-refractivity contribution is 6.77. The highest BCUT2D eigenvalue weighted by Crippen LogP contribution is 2.54. The molecule has 0 saturated carbocycles. The zero-order valence-electron chi connectivity index (χ0n) is 28.8. The Morgan fingerprint density at radius 1 is 0.956 bits per heavy atom. The topological polar surface area (TPSA) is 114 Å².